The van der Waals surface area contributed by atoms with E-state index in [2.05, 4.69) is 13.8 Å². The highest BCUT2D eigenvalue weighted by molar-refractivity contribution is 6.07. The molecule has 4 nitrogen and oxygen atoms in total. The average molecular weight is 383 g/mol. The molecule has 0 spiro atoms. The fourth-order valence-electron chi connectivity index (χ4n) is 2.99. The largest absolute Gasteiger partial charge is 0.508 e. The van der Waals surface area contributed by atoms with E-state index in [-0.39, 0.29) is 29.1 Å². The maximum absolute atomic E-state index is 12.5. The van der Waals surface area contributed by atoms with Crippen LogP contribution in [0.25, 0.3) is 6.08 Å². The maximum atomic E-state index is 12.5. The van der Waals surface area contributed by atoms with Gasteiger partial charge in [-0.05, 0) is 71.9 Å². The molecule has 2 aromatic carbocycles. The van der Waals surface area contributed by atoms with Gasteiger partial charge in [0.25, 0.3) is 0 Å². The Bertz CT molecular complexity index is 846. The number of hydrogen-bond acceptors (Lipinski definition) is 4. The van der Waals surface area contributed by atoms with Gasteiger partial charge in [-0.2, -0.15) is 0 Å². The molecule has 0 amide bonds. The molecular weight excluding hydrogens is 352 g/mol. The quantitative estimate of drug-likeness (QED) is 0.432. The number of phenols is 2. The summed E-state index contributed by atoms with van der Waals surface area (Å²) < 4.78 is 5.99. The summed E-state index contributed by atoms with van der Waals surface area (Å²) in [6.45, 7) is 10.8. The van der Waals surface area contributed by atoms with Gasteiger partial charge in [0, 0.05) is 5.56 Å². The number of carbonyl (C=O) groups is 1. The minimum atomic E-state index is -0.207. The van der Waals surface area contributed by atoms with E-state index < -0.39 is 0 Å². The molecule has 0 fully saturated rings. The summed E-state index contributed by atoms with van der Waals surface area (Å²) in [4.78, 5) is 12.5. The van der Waals surface area contributed by atoms with Gasteiger partial charge in [0.15, 0.2) is 5.78 Å². The molecule has 2 N–H and O–H groups in total. The van der Waals surface area contributed by atoms with Crippen LogP contribution in [-0.4, -0.2) is 22.6 Å². The van der Waals surface area contributed by atoms with Crippen LogP contribution in [0.3, 0.4) is 0 Å². The topological polar surface area (TPSA) is 66.8 Å². The molecule has 2 rings (SSSR count). The number of benzene rings is 2. The van der Waals surface area contributed by atoms with Crippen molar-refractivity contribution in [2.24, 2.45) is 0 Å². The zero-order valence-corrected chi connectivity index (χ0v) is 17.3. The van der Waals surface area contributed by atoms with E-state index in [4.69, 9.17) is 4.74 Å². The first kappa shape index (κ1) is 21.5. The molecular formula is C24H30O4. The minimum Gasteiger partial charge on any atom is -0.508 e. The number of carbonyl (C=O) groups excluding carboxylic acids is 1. The van der Waals surface area contributed by atoms with E-state index in [1.165, 1.54) is 18.2 Å². The van der Waals surface area contributed by atoms with Gasteiger partial charge in [0.1, 0.15) is 17.2 Å². The lowest BCUT2D eigenvalue weighted by Crippen LogP contribution is -2.05. The molecule has 0 saturated heterocycles. The van der Waals surface area contributed by atoms with Crippen molar-refractivity contribution in [3.63, 3.8) is 0 Å². The van der Waals surface area contributed by atoms with E-state index in [0.717, 1.165) is 17.5 Å². The van der Waals surface area contributed by atoms with Crippen molar-refractivity contribution in [2.45, 2.75) is 52.9 Å². The van der Waals surface area contributed by atoms with E-state index >= 15 is 0 Å². The summed E-state index contributed by atoms with van der Waals surface area (Å²) in [5.41, 5.74) is 2.86. The van der Waals surface area contributed by atoms with Gasteiger partial charge in [0.2, 0.25) is 0 Å². The second-order valence-corrected chi connectivity index (χ2v) is 7.55. The normalized spacial score (nSPS) is 11.5. The molecule has 0 aromatic heterocycles. The fourth-order valence-corrected chi connectivity index (χ4v) is 2.99. The number of ketones is 1. The summed E-state index contributed by atoms with van der Waals surface area (Å²) in [7, 11) is 0. The van der Waals surface area contributed by atoms with Crippen molar-refractivity contribution in [3.05, 3.63) is 58.7 Å². The first-order valence-electron chi connectivity index (χ1n) is 9.80. The SMILES string of the molecule is CCCOc1c(C(C)C)cc(C(C)C)c(O)c1C=CC(=O)c1ccc(O)cc1. The minimum absolute atomic E-state index is 0.111. The highest BCUT2D eigenvalue weighted by atomic mass is 16.5. The van der Waals surface area contributed by atoms with Crippen LogP contribution in [0, 0.1) is 0 Å². The van der Waals surface area contributed by atoms with E-state index in [1.54, 1.807) is 18.2 Å². The lowest BCUT2D eigenvalue weighted by molar-refractivity contribution is 0.104. The van der Waals surface area contributed by atoms with Crippen molar-refractivity contribution < 1.29 is 19.7 Å². The van der Waals surface area contributed by atoms with Crippen molar-refractivity contribution in [1.29, 1.82) is 0 Å². The summed E-state index contributed by atoms with van der Waals surface area (Å²) >= 11 is 0. The highest BCUT2D eigenvalue weighted by Crippen LogP contribution is 2.42. The number of allylic oxidation sites excluding steroid dienone is 1. The predicted molar refractivity (Wildman–Crippen MR) is 114 cm³/mol. The number of ether oxygens (including phenoxy) is 1. The van der Waals surface area contributed by atoms with Crippen LogP contribution < -0.4 is 4.74 Å². The third-order valence-corrected chi connectivity index (χ3v) is 4.59. The van der Waals surface area contributed by atoms with E-state index in [9.17, 15) is 15.0 Å². The Balaban J connectivity index is 2.55. The fraction of sp³-hybridized carbons (Fsp3) is 0.375. The van der Waals surface area contributed by atoms with Gasteiger partial charge in [-0.3, -0.25) is 4.79 Å². The first-order valence-corrected chi connectivity index (χ1v) is 9.80. The molecule has 0 aliphatic heterocycles. The van der Waals surface area contributed by atoms with Crippen LogP contribution in [0.15, 0.2) is 36.4 Å². The Kier molecular flexibility index (Phi) is 7.27. The number of rotatable bonds is 8. The van der Waals surface area contributed by atoms with Gasteiger partial charge < -0.3 is 14.9 Å². The Morgan fingerprint density at radius 1 is 1.04 bits per heavy atom. The van der Waals surface area contributed by atoms with Crippen molar-refractivity contribution in [1.82, 2.24) is 0 Å². The monoisotopic (exact) mass is 382 g/mol. The summed E-state index contributed by atoms with van der Waals surface area (Å²) in [6, 6.07) is 8.10. The third-order valence-electron chi connectivity index (χ3n) is 4.59. The summed E-state index contributed by atoms with van der Waals surface area (Å²) in [5.74, 6) is 1.04. The van der Waals surface area contributed by atoms with Crippen molar-refractivity contribution in [3.8, 4) is 17.2 Å². The summed E-state index contributed by atoms with van der Waals surface area (Å²) in [5, 5.41) is 20.3. The van der Waals surface area contributed by atoms with Crippen LogP contribution in [0.2, 0.25) is 0 Å². The van der Waals surface area contributed by atoms with Crippen LogP contribution in [0.5, 0.6) is 17.2 Å². The van der Waals surface area contributed by atoms with Gasteiger partial charge in [0.05, 0.1) is 12.2 Å². The molecule has 0 heterocycles. The van der Waals surface area contributed by atoms with Crippen LogP contribution in [0.1, 0.15) is 79.9 Å². The molecule has 0 aliphatic rings. The van der Waals surface area contributed by atoms with E-state index in [1.807, 2.05) is 26.8 Å². The zero-order chi connectivity index (χ0) is 20.8. The summed E-state index contributed by atoms with van der Waals surface area (Å²) in [6.07, 6.45) is 3.92. The molecule has 4 heteroatoms. The molecule has 0 atom stereocenters. The number of phenolic OH excluding ortho intramolecular Hbond substituents is 2. The molecule has 28 heavy (non-hydrogen) atoms. The van der Waals surface area contributed by atoms with Crippen LogP contribution in [0.4, 0.5) is 0 Å². The first-order chi connectivity index (χ1) is 13.3. The Morgan fingerprint density at radius 3 is 2.18 bits per heavy atom. The van der Waals surface area contributed by atoms with Crippen LogP contribution >= 0.6 is 0 Å². The van der Waals surface area contributed by atoms with Gasteiger partial charge in [-0.1, -0.05) is 34.6 Å². The number of aromatic hydroxyl groups is 2. The van der Waals surface area contributed by atoms with Gasteiger partial charge >= 0.3 is 0 Å². The zero-order valence-electron chi connectivity index (χ0n) is 17.3. The molecule has 2 aromatic rings. The molecule has 150 valence electrons. The van der Waals surface area contributed by atoms with Gasteiger partial charge in [-0.15, -0.1) is 0 Å². The predicted octanol–water partition coefficient (Wildman–Crippen LogP) is 6.03. The Labute approximate surface area is 167 Å². The molecule has 0 aliphatic carbocycles. The smallest absolute Gasteiger partial charge is 0.185 e. The highest BCUT2D eigenvalue weighted by Gasteiger charge is 2.21. The van der Waals surface area contributed by atoms with Gasteiger partial charge in [-0.25, -0.2) is 0 Å². The van der Waals surface area contributed by atoms with Crippen molar-refractivity contribution in [2.75, 3.05) is 6.61 Å². The Hall–Kier alpha value is -2.75. The van der Waals surface area contributed by atoms with Crippen molar-refractivity contribution >= 4 is 11.9 Å². The number of hydrogen-bond donors (Lipinski definition) is 2. The molecule has 0 saturated carbocycles. The molecule has 0 radical (unpaired) electrons. The second-order valence-electron chi connectivity index (χ2n) is 7.55. The maximum Gasteiger partial charge on any atom is 0.185 e. The molecule has 0 unspecified atom stereocenters. The molecule has 0 bridgehead atoms. The second kappa shape index (κ2) is 9.45. The standard InChI is InChI=1S/C24H30O4/c1-6-13-28-24-19(11-12-22(26)17-7-9-18(25)10-8-17)23(27)20(15(2)3)14-21(24)16(4)5/h7-12,14-16,25,27H,6,13H2,1-5H3. The third kappa shape index (κ3) is 4.94. The van der Waals surface area contributed by atoms with Crippen LogP contribution in [-0.2, 0) is 0 Å². The average Bonchev–Trinajstić information content (AvgIpc) is 2.65. The Morgan fingerprint density at radius 2 is 1.64 bits per heavy atom. The lowest BCUT2D eigenvalue weighted by Gasteiger charge is -2.21. The lowest BCUT2D eigenvalue weighted by atomic mass is 9.90. The van der Waals surface area contributed by atoms with E-state index in [0.29, 0.717) is 23.5 Å².